The number of amides is 1. The maximum absolute atomic E-state index is 13.4. The molecule has 1 aliphatic rings. The predicted octanol–water partition coefficient (Wildman–Crippen LogP) is 1.78. The Bertz CT molecular complexity index is 920. The van der Waals surface area contributed by atoms with Gasteiger partial charge in [0.05, 0.1) is 23.6 Å². The third-order valence-electron chi connectivity index (χ3n) is 4.38. The zero-order valence-electron chi connectivity index (χ0n) is 13.6. The zero-order chi connectivity index (χ0) is 17.4. The molecule has 1 atom stereocenters. The van der Waals surface area contributed by atoms with Crippen LogP contribution in [-0.4, -0.2) is 44.5 Å². The van der Waals surface area contributed by atoms with Gasteiger partial charge in [-0.1, -0.05) is 5.16 Å². The Balaban J connectivity index is 1.55. The molecule has 3 aromatic rings. The van der Waals surface area contributed by atoms with E-state index in [-0.39, 0.29) is 17.7 Å². The highest BCUT2D eigenvalue weighted by Crippen LogP contribution is 2.32. The first-order valence-electron chi connectivity index (χ1n) is 8.08. The van der Waals surface area contributed by atoms with E-state index in [4.69, 9.17) is 4.52 Å². The molecule has 1 saturated heterocycles. The molecule has 0 bridgehead atoms. The lowest BCUT2D eigenvalue weighted by atomic mass is 10.2. The number of hydrogen-bond donors (Lipinski definition) is 2. The third-order valence-corrected chi connectivity index (χ3v) is 4.38. The van der Waals surface area contributed by atoms with Crippen LogP contribution in [0.3, 0.4) is 0 Å². The van der Waals surface area contributed by atoms with Crippen LogP contribution in [-0.2, 0) is 6.54 Å². The van der Waals surface area contributed by atoms with Crippen molar-refractivity contribution in [1.82, 2.24) is 30.3 Å². The summed E-state index contributed by atoms with van der Waals surface area (Å²) in [6.07, 6.45) is 1.94. The highest BCUT2D eigenvalue weighted by atomic mass is 19.1. The predicted molar refractivity (Wildman–Crippen MR) is 86.1 cm³/mol. The van der Waals surface area contributed by atoms with Crippen LogP contribution in [0.1, 0.15) is 41.2 Å². The van der Waals surface area contributed by atoms with Crippen LogP contribution < -0.4 is 5.32 Å². The SMILES string of the molecule is CNC(=O)c1nc(CN2CCCC2c2nc3ccc(F)cc3[nH]2)no1. The maximum Gasteiger partial charge on any atom is 0.315 e. The molecule has 0 saturated carbocycles. The minimum absolute atomic E-state index is 0.0486. The van der Waals surface area contributed by atoms with Crippen molar-refractivity contribution in [2.45, 2.75) is 25.4 Å². The first-order chi connectivity index (χ1) is 12.1. The molecule has 130 valence electrons. The van der Waals surface area contributed by atoms with Gasteiger partial charge in [0.15, 0.2) is 5.82 Å². The quantitative estimate of drug-likeness (QED) is 0.748. The highest BCUT2D eigenvalue weighted by molar-refractivity contribution is 5.89. The lowest BCUT2D eigenvalue weighted by Crippen LogP contribution is -2.24. The number of halogens is 1. The summed E-state index contributed by atoms with van der Waals surface area (Å²) in [5.41, 5.74) is 1.42. The van der Waals surface area contributed by atoms with Gasteiger partial charge in [0, 0.05) is 7.05 Å². The molecular weight excluding hydrogens is 327 g/mol. The molecule has 0 radical (unpaired) electrons. The Hall–Kier alpha value is -2.81. The number of aromatic amines is 1. The Labute approximate surface area is 142 Å². The van der Waals surface area contributed by atoms with Crippen molar-refractivity contribution in [2.24, 2.45) is 0 Å². The average molecular weight is 344 g/mol. The van der Waals surface area contributed by atoms with E-state index in [2.05, 4.69) is 30.3 Å². The lowest BCUT2D eigenvalue weighted by Gasteiger charge is -2.20. The van der Waals surface area contributed by atoms with Gasteiger partial charge in [0.2, 0.25) is 0 Å². The molecule has 9 heteroatoms. The number of fused-ring (bicyclic) bond motifs is 1. The highest BCUT2D eigenvalue weighted by Gasteiger charge is 2.30. The number of benzene rings is 1. The number of nitrogens with zero attached hydrogens (tertiary/aromatic N) is 4. The van der Waals surface area contributed by atoms with Crippen molar-refractivity contribution in [2.75, 3.05) is 13.6 Å². The molecule has 1 aromatic carbocycles. The Morgan fingerprint density at radius 3 is 3.20 bits per heavy atom. The van der Waals surface area contributed by atoms with Gasteiger partial charge in [-0.25, -0.2) is 9.37 Å². The molecule has 0 aliphatic carbocycles. The number of nitrogens with one attached hydrogen (secondary N) is 2. The third kappa shape index (κ3) is 2.98. The fourth-order valence-corrected chi connectivity index (χ4v) is 3.18. The van der Waals surface area contributed by atoms with Crippen molar-refractivity contribution < 1.29 is 13.7 Å². The van der Waals surface area contributed by atoms with Gasteiger partial charge in [-0.15, -0.1) is 0 Å². The lowest BCUT2D eigenvalue weighted by molar-refractivity contribution is 0.0919. The van der Waals surface area contributed by atoms with E-state index in [0.29, 0.717) is 17.9 Å². The molecule has 1 amide bonds. The summed E-state index contributed by atoms with van der Waals surface area (Å²) in [6.45, 7) is 1.32. The summed E-state index contributed by atoms with van der Waals surface area (Å²) in [6, 6.07) is 4.58. The molecule has 1 aliphatic heterocycles. The van der Waals surface area contributed by atoms with Gasteiger partial charge in [0.1, 0.15) is 11.6 Å². The van der Waals surface area contributed by atoms with Crippen LogP contribution in [0.25, 0.3) is 11.0 Å². The smallest absolute Gasteiger partial charge is 0.315 e. The van der Waals surface area contributed by atoms with Gasteiger partial charge in [-0.2, -0.15) is 4.98 Å². The summed E-state index contributed by atoms with van der Waals surface area (Å²) >= 11 is 0. The second kappa shape index (κ2) is 6.25. The van der Waals surface area contributed by atoms with Crippen molar-refractivity contribution in [3.63, 3.8) is 0 Å². The number of likely N-dealkylation sites (tertiary alicyclic amines) is 1. The summed E-state index contributed by atoms with van der Waals surface area (Å²) < 4.78 is 18.3. The van der Waals surface area contributed by atoms with Crippen molar-refractivity contribution >= 4 is 16.9 Å². The van der Waals surface area contributed by atoms with E-state index in [1.54, 1.807) is 6.07 Å². The number of carbonyl (C=O) groups excluding carboxylic acids is 1. The zero-order valence-corrected chi connectivity index (χ0v) is 13.6. The maximum atomic E-state index is 13.4. The number of hydrogen-bond acceptors (Lipinski definition) is 6. The normalized spacial score (nSPS) is 18.1. The van der Waals surface area contributed by atoms with Crippen LogP contribution >= 0.6 is 0 Å². The van der Waals surface area contributed by atoms with E-state index in [0.717, 1.165) is 30.7 Å². The van der Waals surface area contributed by atoms with Crippen LogP contribution in [0.5, 0.6) is 0 Å². The van der Waals surface area contributed by atoms with E-state index in [1.807, 2.05) is 0 Å². The number of rotatable bonds is 4. The van der Waals surface area contributed by atoms with Crippen molar-refractivity contribution in [1.29, 1.82) is 0 Å². The monoisotopic (exact) mass is 344 g/mol. The van der Waals surface area contributed by atoms with Crippen LogP contribution in [0, 0.1) is 5.82 Å². The summed E-state index contributed by atoms with van der Waals surface area (Å²) in [5, 5.41) is 6.31. The van der Waals surface area contributed by atoms with E-state index in [9.17, 15) is 9.18 Å². The van der Waals surface area contributed by atoms with Crippen molar-refractivity contribution in [3.05, 3.63) is 41.6 Å². The first-order valence-corrected chi connectivity index (χ1v) is 8.08. The van der Waals surface area contributed by atoms with Gasteiger partial charge >= 0.3 is 11.8 Å². The summed E-state index contributed by atoms with van der Waals surface area (Å²) in [5.74, 6) is 0.503. The standard InChI is InChI=1S/C16H17FN6O2/c1-18-15(24)16-21-13(22-25-16)8-23-6-2-3-12(23)14-19-10-5-4-9(17)7-11(10)20-14/h4-5,7,12H,2-3,6,8H2,1H3,(H,18,24)(H,19,20). The van der Waals surface area contributed by atoms with Crippen LogP contribution in [0.15, 0.2) is 22.7 Å². The molecule has 0 spiro atoms. The van der Waals surface area contributed by atoms with Gasteiger partial charge in [0.25, 0.3) is 0 Å². The molecule has 2 N–H and O–H groups in total. The molecule has 8 nitrogen and oxygen atoms in total. The second-order valence-electron chi connectivity index (χ2n) is 6.01. The second-order valence-corrected chi connectivity index (χ2v) is 6.01. The Kier molecular flexibility index (Phi) is 3.92. The van der Waals surface area contributed by atoms with Crippen LogP contribution in [0.2, 0.25) is 0 Å². The summed E-state index contributed by atoms with van der Waals surface area (Å²) in [7, 11) is 1.51. The van der Waals surface area contributed by atoms with Crippen molar-refractivity contribution in [3.8, 4) is 0 Å². The first kappa shape index (κ1) is 15.7. The molecule has 1 unspecified atom stereocenters. The molecule has 1 fully saturated rings. The fourth-order valence-electron chi connectivity index (χ4n) is 3.18. The minimum atomic E-state index is -0.406. The largest absolute Gasteiger partial charge is 0.351 e. The number of aromatic nitrogens is 4. The number of H-pyrrole nitrogens is 1. The Morgan fingerprint density at radius 1 is 1.48 bits per heavy atom. The van der Waals surface area contributed by atoms with E-state index < -0.39 is 5.91 Å². The topological polar surface area (TPSA) is 99.9 Å². The molecular formula is C16H17FN6O2. The van der Waals surface area contributed by atoms with Gasteiger partial charge in [-0.05, 0) is 37.6 Å². The molecule has 3 heterocycles. The van der Waals surface area contributed by atoms with Crippen LogP contribution in [0.4, 0.5) is 4.39 Å². The van der Waals surface area contributed by atoms with Gasteiger partial charge < -0.3 is 14.8 Å². The molecule has 4 rings (SSSR count). The molecule has 25 heavy (non-hydrogen) atoms. The number of imidazole rings is 1. The fraction of sp³-hybridized carbons (Fsp3) is 0.375. The number of carbonyl (C=O) groups is 1. The minimum Gasteiger partial charge on any atom is -0.351 e. The van der Waals surface area contributed by atoms with Gasteiger partial charge in [-0.3, -0.25) is 9.69 Å². The van der Waals surface area contributed by atoms with E-state index >= 15 is 0 Å². The van der Waals surface area contributed by atoms with E-state index in [1.165, 1.54) is 19.2 Å². The Morgan fingerprint density at radius 2 is 2.36 bits per heavy atom. The molecule has 2 aromatic heterocycles. The average Bonchev–Trinajstić information content (AvgIpc) is 3.32. The summed E-state index contributed by atoms with van der Waals surface area (Å²) in [4.78, 5) is 25.6.